The van der Waals surface area contributed by atoms with Crippen molar-refractivity contribution in [2.45, 2.75) is 13.1 Å². The SMILES string of the molecule is NCc1ccccc1Cl.O=C1CSC(=NCc2ccccc2Cl)N1.O=C1CSC(=S)N1. The molecule has 0 radical (unpaired) electrons. The lowest BCUT2D eigenvalue weighted by Gasteiger charge is -2.00. The lowest BCUT2D eigenvalue weighted by molar-refractivity contribution is -0.117. The summed E-state index contributed by atoms with van der Waals surface area (Å²) in [7, 11) is 0. The Bertz CT molecular complexity index is 959. The number of rotatable bonds is 3. The van der Waals surface area contributed by atoms with Crippen LogP contribution in [0.3, 0.4) is 0 Å². The molecule has 0 bridgehead atoms. The molecule has 164 valence electrons. The quantitative estimate of drug-likeness (QED) is 0.535. The van der Waals surface area contributed by atoms with E-state index in [1.165, 1.54) is 23.5 Å². The summed E-state index contributed by atoms with van der Waals surface area (Å²) in [6.45, 7) is 1.02. The van der Waals surface area contributed by atoms with Gasteiger partial charge in [0.1, 0.15) is 4.32 Å². The minimum absolute atomic E-state index is 0.0120. The van der Waals surface area contributed by atoms with Crippen LogP contribution in [-0.4, -0.2) is 32.8 Å². The molecule has 0 spiro atoms. The topological polar surface area (TPSA) is 96.6 Å². The lowest BCUT2D eigenvalue weighted by Crippen LogP contribution is -2.20. The van der Waals surface area contributed by atoms with E-state index in [4.69, 9.17) is 28.9 Å². The fourth-order valence-corrected chi connectivity index (χ4v) is 4.08. The molecule has 0 atom stereocenters. The fraction of sp³-hybridized carbons (Fsp3) is 0.200. The van der Waals surface area contributed by atoms with Crippen molar-refractivity contribution in [1.29, 1.82) is 0 Å². The average Bonchev–Trinajstić information content (AvgIpc) is 3.35. The number of benzene rings is 2. The van der Waals surface area contributed by atoms with Gasteiger partial charge in [-0.3, -0.25) is 14.6 Å². The number of hydrogen-bond donors (Lipinski definition) is 3. The number of carbonyl (C=O) groups is 2. The minimum atomic E-state index is 0.0120. The van der Waals surface area contributed by atoms with Crippen LogP contribution in [0.15, 0.2) is 53.5 Å². The third kappa shape index (κ3) is 9.59. The van der Waals surface area contributed by atoms with E-state index >= 15 is 0 Å². The molecular weight excluding hydrogens is 495 g/mol. The number of amides is 2. The molecule has 2 amide bonds. The molecule has 2 saturated heterocycles. The van der Waals surface area contributed by atoms with Gasteiger partial charge in [-0.2, -0.15) is 0 Å². The van der Waals surface area contributed by atoms with Crippen LogP contribution in [0.2, 0.25) is 10.0 Å². The van der Waals surface area contributed by atoms with E-state index < -0.39 is 0 Å². The summed E-state index contributed by atoms with van der Waals surface area (Å²) in [5.41, 5.74) is 7.33. The second-order valence-corrected chi connectivity index (χ2v) is 9.40. The van der Waals surface area contributed by atoms with Crippen LogP contribution in [0.25, 0.3) is 0 Å². The number of thioether (sulfide) groups is 2. The van der Waals surface area contributed by atoms with Gasteiger partial charge in [0, 0.05) is 16.6 Å². The monoisotopic (exact) mass is 514 g/mol. The van der Waals surface area contributed by atoms with Crippen LogP contribution in [0, 0.1) is 0 Å². The first-order chi connectivity index (χ1) is 14.9. The fourth-order valence-electron chi connectivity index (χ4n) is 2.18. The van der Waals surface area contributed by atoms with Gasteiger partial charge in [0.05, 0.1) is 18.1 Å². The van der Waals surface area contributed by atoms with Gasteiger partial charge in [0.2, 0.25) is 11.8 Å². The van der Waals surface area contributed by atoms with E-state index in [1.54, 1.807) is 0 Å². The largest absolute Gasteiger partial charge is 0.326 e. The van der Waals surface area contributed by atoms with Crippen LogP contribution in [0.4, 0.5) is 0 Å². The number of thiocarbonyl (C=S) groups is 1. The van der Waals surface area contributed by atoms with Crippen molar-refractivity contribution in [3.63, 3.8) is 0 Å². The third-order valence-electron chi connectivity index (χ3n) is 3.69. The normalized spacial score (nSPS) is 16.1. The van der Waals surface area contributed by atoms with Gasteiger partial charge >= 0.3 is 0 Å². The molecule has 2 aromatic rings. The molecule has 2 aromatic carbocycles. The molecule has 2 heterocycles. The van der Waals surface area contributed by atoms with E-state index in [1.807, 2.05) is 48.5 Å². The van der Waals surface area contributed by atoms with Gasteiger partial charge in [0.25, 0.3) is 0 Å². The van der Waals surface area contributed by atoms with Gasteiger partial charge < -0.3 is 16.4 Å². The van der Waals surface area contributed by atoms with Crippen LogP contribution in [0.5, 0.6) is 0 Å². The average molecular weight is 516 g/mol. The Morgan fingerprint density at radius 3 is 1.84 bits per heavy atom. The van der Waals surface area contributed by atoms with Crippen molar-refractivity contribution in [2.24, 2.45) is 10.7 Å². The maximum absolute atomic E-state index is 10.9. The van der Waals surface area contributed by atoms with Crippen molar-refractivity contribution in [3.8, 4) is 0 Å². The molecule has 2 aliphatic rings. The van der Waals surface area contributed by atoms with E-state index in [2.05, 4.69) is 27.8 Å². The zero-order valence-corrected chi connectivity index (χ0v) is 20.2. The Morgan fingerprint density at radius 1 is 0.903 bits per heavy atom. The Hall–Kier alpha value is -1.62. The van der Waals surface area contributed by atoms with Gasteiger partial charge in [-0.25, -0.2) is 0 Å². The molecule has 6 nitrogen and oxygen atoms in total. The summed E-state index contributed by atoms with van der Waals surface area (Å²) in [4.78, 5) is 25.4. The van der Waals surface area contributed by atoms with Crippen molar-refractivity contribution >= 4 is 80.2 Å². The maximum atomic E-state index is 10.9. The van der Waals surface area contributed by atoms with Gasteiger partial charge in [0.15, 0.2) is 5.17 Å². The van der Waals surface area contributed by atoms with E-state index in [-0.39, 0.29) is 11.8 Å². The first-order valence-corrected chi connectivity index (χ1v) is 12.1. The number of carbonyl (C=O) groups excluding carboxylic acids is 2. The molecule has 4 N–H and O–H groups in total. The molecule has 2 aliphatic heterocycles. The predicted molar refractivity (Wildman–Crippen MR) is 136 cm³/mol. The number of amidine groups is 1. The summed E-state index contributed by atoms with van der Waals surface area (Å²) in [5.74, 6) is 0.994. The minimum Gasteiger partial charge on any atom is -0.326 e. The van der Waals surface area contributed by atoms with E-state index in [0.717, 1.165) is 16.1 Å². The van der Waals surface area contributed by atoms with Gasteiger partial charge in [-0.15, -0.1) is 0 Å². The summed E-state index contributed by atoms with van der Waals surface area (Å²) >= 11 is 19.1. The van der Waals surface area contributed by atoms with Crippen molar-refractivity contribution < 1.29 is 9.59 Å². The summed E-state index contributed by atoms with van der Waals surface area (Å²) < 4.78 is 0.602. The molecule has 31 heavy (non-hydrogen) atoms. The Labute approximate surface area is 204 Å². The van der Waals surface area contributed by atoms with Gasteiger partial charge in [-0.05, 0) is 23.3 Å². The van der Waals surface area contributed by atoms with Crippen molar-refractivity contribution in [1.82, 2.24) is 10.6 Å². The number of nitrogens with one attached hydrogen (secondary N) is 2. The summed E-state index contributed by atoms with van der Waals surface area (Å²) in [6, 6.07) is 15.1. The molecule has 11 heteroatoms. The first-order valence-electron chi connectivity index (χ1n) is 8.99. The lowest BCUT2D eigenvalue weighted by atomic mass is 10.2. The second kappa shape index (κ2) is 13.7. The molecular formula is C20H20Cl2N4O2S3. The predicted octanol–water partition coefficient (Wildman–Crippen LogP) is 3.99. The third-order valence-corrected chi connectivity index (χ3v) is 6.57. The van der Waals surface area contributed by atoms with Gasteiger partial charge in [-0.1, -0.05) is 95.3 Å². The molecule has 0 aliphatic carbocycles. The summed E-state index contributed by atoms with van der Waals surface area (Å²) in [6.07, 6.45) is 0. The second-order valence-electron chi connectivity index (χ2n) is 5.97. The number of hydrogen-bond acceptors (Lipinski definition) is 7. The number of halogens is 2. The van der Waals surface area contributed by atoms with E-state index in [0.29, 0.717) is 39.1 Å². The van der Waals surface area contributed by atoms with Crippen molar-refractivity contribution in [2.75, 3.05) is 11.5 Å². The zero-order chi connectivity index (χ0) is 22.6. The molecule has 0 aromatic heterocycles. The Morgan fingerprint density at radius 2 is 1.45 bits per heavy atom. The zero-order valence-electron chi connectivity index (χ0n) is 16.3. The molecule has 0 unspecified atom stereocenters. The number of nitrogens with two attached hydrogens (primary N) is 1. The Kier molecular flexibility index (Phi) is 11.3. The van der Waals surface area contributed by atoms with Crippen LogP contribution < -0.4 is 16.4 Å². The highest BCUT2D eigenvalue weighted by Crippen LogP contribution is 2.17. The number of aliphatic imine (C=N–C) groups is 1. The highest BCUT2D eigenvalue weighted by Gasteiger charge is 2.16. The smallest absolute Gasteiger partial charge is 0.236 e. The highest BCUT2D eigenvalue weighted by atomic mass is 35.5. The first kappa shape index (κ1) is 25.6. The Balaban J connectivity index is 0.000000181. The summed E-state index contributed by atoms with van der Waals surface area (Å²) in [5, 5.41) is 7.28. The maximum Gasteiger partial charge on any atom is 0.236 e. The number of nitrogens with zero attached hydrogens (tertiary/aromatic N) is 1. The van der Waals surface area contributed by atoms with Crippen LogP contribution in [0.1, 0.15) is 11.1 Å². The van der Waals surface area contributed by atoms with Crippen LogP contribution in [-0.2, 0) is 22.7 Å². The van der Waals surface area contributed by atoms with Crippen molar-refractivity contribution in [3.05, 3.63) is 69.7 Å². The molecule has 4 rings (SSSR count). The molecule has 2 fully saturated rings. The van der Waals surface area contributed by atoms with E-state index in [9.17, 15) is 9.59 Å². The van der Waals surface area contributed by atoms with Crippen LogP contribution >= 0.6 is 58.9 Å². The molecule has 0 saturated carbocycles. The standard InChI is InChI=1S/C10H9ClN2OS.C7H8ClN.C3H3NOS2/c11-8-4-2-1-3-7(8)5-12-10-13-9(14)6-15-10;8-7-4-2-1-3-6(7)5-9;5-2-1-7-3(6)4-2/h1-4H,5-6H2,(H,12,13,14);1-4H,5,9H2;1H2,(H,4,5,6). The highest BCUT2D eigenvalue weighted by molar-refractivity contribution is 8.24.